The number of rotatable bonds is 14. The van der Waals surface area contributed by atoms with Gasteiger partial charge in [0.15, 0.2) is 0 Å². The van der Waals surface area contributed by atoms with Gasteiger partial charge in [0.05, 0.1) is 30.7 Å². The van der Waals surface area contributed by atoms with E-state index in [0.29, 0.717) is 26.4 Å². The van der Waals surface area contributed by atoms with Gasteiger partial charge in [-0.15, -0.1) is 6.58 Å². The van der Waals surface area contributed by atoms with Gasteiger partial charge in [-0.25, -0.2) is 0 Å². The Hall–Kier alpha value is -1.69. The smallest absolute Gasteiger partial charge is 0.311 e. The molecule has 0 aliphatic rings. The van der Waals surface area contributed by atoms with E-state index in [4.69, 9.17) is 14.2 Å². The third-order valence-electron chi connectivity index (χ3n) is 6.14. The zero-order valence-electron chi connectivity index (χ0n) is 24.1. The van der Waals surface area contributed by atoms with Gasteiger partial charge in [0.1, 0.15) is 12.4 Å². The summed E-state index contributed by atoms with van der Waals surface area (Å²) < 4.78 is 15.2. The molecule has 0 spiro atoms. The molecule has 274 valence electrons. The molecule has 0 amide bonds. The second-order valence-electron chi connectivity index (χ2n) is 10.3. The van der Waals surface area contributed by atoms with Gasteiger partial charge in [-0.2, -0.15) is 0 Å². The Balaban J connectivity index is -0.0000000311. The van der Waals surface area contributed by atoms with Crippen LogP contribution in [0.4, 0.5) is 0 Å². The number of hydrogen-bond donors (Lipinski definition) is 0. The largest absolute Gasteiger partial charge is 0.465 e. The van der Waals surface area contributed by atoms with Crippen molar-refractivity contribution in [1.29, 1.82) is 0 Å². The van der Waals surface area contributed by atoms with Gasteiger partial charge in [0.25, 0.3) is 0 Å². The Labute approximate surface area is 276 Å². The first-order valence-corrected chi connectivity index (χ1v) is 12.6. The van der Waals surface area contributed by atoms with Crippen LogP contribution in [0.5, 0.6) is 0 Å². The van der Waals surface area contributed by atoms with E-state index in [9.17, 15) is 14.4 Å². The normalized spacial score (nSPS) is 8.91. The fourth-order valence-electron chi connectivity index (χ4n) is 1.60. The Kier molecular flexibility index (Phi) is 77.1. The second-order valence-corrected chi connectivity index (χ2v) is 10.3. The molecule has 0 aromatic rings. The van der Waals surface area contributed by atoms with Gasteiger partial charge in [-0.1, -0.05) is 121 Å². The van der Waals surface area contributed by atoms with Crippen molar-refractivity contribution in [2.24, 2.45) is 16.2 Å². The molecular weight excluding hydrogens is 540 g/mol. The number of ketones is 1. The van der Waals surface area contributed by atoms with Crippen LogP contribution in [0.2, 0.25) is 0 Å². The van der Waals surface area contributed by atoms with Crippen LogP contribution in [0.1, 0.15) is 175 Å². The van der Waals surface area contributed by atoms with Gasteiger partial charge >= 0.3 is 11.9 Å². The molecule has 0 aromatic carbocycles. The highest BCUT2D eigenvalue weighted by atomic mass is 16.6. The van der Waals surface area contributed by atoms with Crippen molar-refractivity contribution in [3.05, 3.63) is 12.7 Å². The standard InChI is InChI=1S/C11H20O3.C10H20O2.C7H14O.9CH4/c1-5-7-13-8-9-14-10(12)11(3,4)6-2;1-5-7-8-12-9(11)10(3,4)6-2;1-5-7(3,4)6(2)8;;;;;;;;;/h5H,1,6-9H2,2-4H3;5-8H2,1-4H3;5H2,1-4H3;9*1H4. The summed E-state index contributed by atoms with van der Waals surface area (Å²) in [6.07, 6.45) is 6.24. The van der Waals surface area contributed by atoms with Gasteiger partial charge < -0.3 is 14.2 Å². The maximum absolute atomic E-state index is 11.4. The molecule has 0 aromatic heterocycles. The van der Waals surface area contributed by atoms with E-state index in [1.54, 1.807) is 13.0 Å². The maximum Gasteiger partial charge on any atom is 0.311 e. The highest BCUT2D eigenvalue weighted by Gasteiger charge is 2.27. The first-order valence-electron chi connectivity index (χ1n) is 12.6. The zero-order chi connectivity index (χ0) is 27.4. The Morgan fingerprint density at radius 3 is 1.14 bits per heavy atom. The monoisotopic (exact) mass is 631 g/mol. The van der Waals surface area contributed by atoms with Gasteiger partial charge in [-0.05, 0) is 60.3 Å². The Morgan fingerprint density at radius 2 is 0.907 bits per heavy atom. The quantitative estimate of drug-likeness (QED) is 0.108. The third-order valence-corrected chi connectivity index (χ3v) is 6.14. The number of hydrogen-bond acceptors (Lipinski definition) is 6. The zero-order valence-corrected chi connectivity index (χ0v) is 24.1. The summed E-state index contributed by atoms with van der Waals surface area (Å²) in [4.78, 5) is 33.5. The van der Waals surface area contributed by atoms with Crippen LogP contribution >= 0.6 is 0 Å². The lowest BCUT2D eigenvalue weighted by molar-refractivity contribution is -0.155. The molecule has 0 aliphatic heterocycles. The molecule has 0 radical (unpaired) electrons. The minimum Gasteiger partial charge on any atom is -0.465 e. The van der Waals surface area contributed by atoms with Gasteiger partial charge in [0.2, 0.25) is 0 Å². The van der Waals surface area contributed by atoms with E-state index in [-0.39, 0.29) is 95.4 Å². The van der Waals surface area contributed by atoms with E-state index >= 15 is 0 Å². The molecule has 0 rings (SSSR count). The van der Waals surface area contributed by atoms with E-state index in [2.05, 4.69) is 13.5 Å². The summed E-state index contributed by atoms with van der Waals surface area (Å²) in [7, 11) is 0. The lowest BCUT2D eigenvalue weighted by atomic mass is 9.86. The fraction of sp³-hybridized carbons (Fsp3) is 0.865. The van der Waals surface area contributed by atoms with Crippen molar-refractivity contribution < 1.29 is 28.6 Å². The fourth-order valence-corrected chi connectivity index (χ4v) is 1.60. The summed E-state index contributed by atoms with van der Waals surface area (Å²) in [6, 6.07) is 0. The highest BCUT2D eigenvalue weighted by Crippen LogP contribution is 2.22. The average molecular weight is 631 g/mol. The maximum atomic E-state index is 11.4. The van der Waals surface area contributed by atoms with Crippen LogP contribution in [0, 0.1) is 16.2 Å². The number of unbranched alkanes of at least 4 members (excludes halogenated alkanes) is 1. The molecule has 0 saturated heterocycles. The number of esters is 2. The van der Waals surface area contributed by atoms with Crippen LogP contribution in [-0.2, 0) is 28.6 Å². The molecule has 0 atom stereocenters. The molecular formula is C37H90O6. The molecule has 6 heteroatoms. The first kappa shape index (κ1) is 78.1. The van der Waals surface area contributed by atoms with Crippen molar-refractivity contribution >= 4 is 17.7 Å². The summed E-state index contributed by atoms with van der Waals surface area (Å²) in [5.74, 6) is 0.0423. The summed E-state index contributed by atoms with van der Waals surface area (Å²) in [5, 5.41) is 0. The summed E-state index contributed by atoms with van der Waals surface area (Å²) in [5.41, 5.74) is -0.799. The Morgan fingerprint density at radius 1 is 0.581 bits per heavy atom. The number of Topliss-reactive ketones (excluding diaryl/α,β-unsaturated/α-hetero) is 1. The van der Waals surface area contributed by atoms with E-state index in [0.717, 1.165) is 32.1 Å². The van der Waals surface area contributed by atoms with E-state index in [1.165, 1.54) is 0 Å². The second kappa shape index (κ2) is 42.4. The lowest BCUT2D eigenvalue weighted by Gasteiger charge is -2.20. The molecule has 0 bridgehead atoms. The van der Waals surface area contributed by atoms with Crippen molar-refractivity contribution in [2.75, 3.05) is 26.4 Å². The molecule has 0 fully saturated rings. The molecule has 0 heterocycles. The lowest BCUT2D eigenvalue weighted by Crippen LogP contribution is -2.27. The molecule has 43 heavy (non-hydrogen) atoms. The third kappa shape index (κ3) is 42.5. The van der Waals surface area contributed by atoms with Gasteiger partial charge in [0, 0.05) is 5.41 Å². The van der Waals surface area contributed by atoms with Crippen molar-refractivity contribution in [3.8, 4) is 0 Å². The molecule has 0 unspecified atom stereocenters. The predicted octanol–water partition coefficient (Wildman–Crippen LogP) is 12.7. The first-order chi connectivity index (χ1) is 15.6. The van der Waals surface area contributed by atoms with Gasteiger partial charge in [-0.3, -0.25) is 14.4 Å². The Bertz CT molecular complexity index is 578. The average Bonchev–Trinajstić information content (AvgIpc) is 2.79. The van der Waals surface area contributed by atoms with E-state index in [1.807, 2.05) is 62.3 Å². The summed E-state index contributed by atoms with van der Waals surface area (Å²) in [6.45, 7) is 26.6. The minimum absolute atomic E-state index is 0. The van der Waals surface area contributed by atoms with Crippen LogP contribution in [0.15, 0.2) is 12.7 Å². The SMILES string of the molecule is C.C.C.C.C.C.C.C.C.C=CCOCCOC(=O)C(C)(C)CC.CCC(C)(C)C(C)=O.CCCCOC(=O)C(C)(C)CC. The molecule has 0 aliphatic carbocycles. The summed E-state index contributed by atoms with van der Waals surface area (Å²) >= 11 is 0. The predicted molar refractivity (Wildman–Crippen MR) is 201 cm³/mol. The van der Waals surface area contributed by atoms with Crippen LogP contribution in [-0.4, -0.2) is 44.1 Å². The van der Waals surface area contributed by atoms with Crippen LogP contribution in [0.3, 0.4) is 0 Å². The number of carbonyl (C=O) groups is 3. The molecule has 6 nitrogen and oxygen atoms in total. The highest BCUT2D eigenvalue weighted by molar-refractivity contribution is 5.81. The number of ether oxygens (including phenoxy) is 3. The van der Waals surface area contributed by atoms with Crippen LogP contribution in [0.25, 0.3) is 0 Å². The molecule has 0 N–H and O–H groups in total. The molecule has 0 saturated carbocycles. The number of carbonyl (C=O) groups excluding carboxylic acids is 3. The van der Waals surface area contributed by atoms with Crippen molar-refractivity contribution in [1.82, 2.24) is 0 Å². The van der Waals surface area contributed by atoms with Crippen LogP contribution < -0.4 is 0 Å². The van der Waals surface area contributed by atoms with E-state index < -0.39 is 5.41 Å². The van der Waals surface area contributed by atoms with Crippen molar-refractivity contribution in [2.45, 2.75) is 175 Å². The topological polar surface area (TPSA) is 78.9 Å². The van der Waals surface area contributed by atoms with Crippen molar-refractivity contribution in [3.63, 3.8) is 0 Å². The minimum atomic E-state index is -0.390.